The second kappa shape index (κ2) is 14.3. The van der Waals surface area contributed by atoms with Gasteiger partial charge in [0.05, 0.1) is 69.2 Å². The fourth-order valence-electron chi connectivity index (χ4n) is 4.54. The molecule has 40 heavy (non-hydrogen) atoms. The molecule has 1 aliphatic heterocycles. The second-order valence-electron chi connectivity index (χ2n) is 9.89. The van der Waals surface area contributed by atoms with E-state index >= 15 is 0 Å². The van der Waals surface area contributed by atoms with Crippen molar-refractivity contribution in [2.24, 2.45) is 0 Å². The van der Waals surface area contributed by atoms with E-state index < -0.39 is 27.3 Å². The normalized spacial score (nSPS) is 18.4. The molecule has 1 saturated heterocycles. The number of fused-ring (bicyclic) bond motifs is 1. The van der Waals surface area contributed by atoms with Gasteiger partial charge in [-0.2, -0.15) is 0 Å². The standard InChI is InChI=1S/C24H41N5O9P2/c1-7-35-39(32,36-8-2)12-10-34-20-14-28(21(30)9-11-40(33,37-17(3)4)38-18(5)6)13-19(20)29-16-27-22-23(29)25-15-26-24(22)31/h15-20H,7-14H2,1-6H3,(H,25,26,31)/t19-,20-/m1/s1. The first-order chi connectivity index (χ1) is 18.9. The molecule has 0 unspecified atom stereocenters. The summed E-state index contributed by atoms with van der Waals surface area (Å²) in [5.74, 6) is -0.249. The first kappa shape index (κ1) is 32.6. The Morgan fingerprint density at radius 1 is 1.02 bits per heavy atom. The largest absolute Gasteiger partial charge is 0.373 e. The molecule has 0 aliphatic carbocycles. The molecule has 3 rings (SSSR count). The van der Waals surface area contributed by atoms with Crippen LogP contribution in [0.2, 0.25) is 0 Å². The van der Waals surface area contributed by atoms with Crippen molar-refractivity contribution in [1.82, 2.24) is 24.4 Å². The first-order valence-electron chi connectivity index (χ1n) is 13.5. The lowest BCUT2D eigenvalue weighted by atomic mass is 10.2. The number of imidazole rings is 1. The Kier molecular flexibility index (Phi) is 11.7. The van der Waals surface area contributed by atoms with E-state index in [4.69, 9.17) is 22.8 Å². The lowest BCUT2D eigenvalue weighted by Gasteiger charge is -2.23. The Balaban J connectivity index is 1.78. The van der Waals surface area contributed by atoms with Crippen LogP contribution in [0.15, 0.2) is 17.4 Å². The maximum atomic E-state index is 13.3. The number of H-pyrrole nitrogens is 1. The van der Waals surface area contributed by atoms with Crippen LogP contribution in [0, 0.1) is 0 Å². The van der Waals surface area contributed by atoms with Crippen LogP contribution in [-0.2, 0) is 36.8 Å². The van der Waals surface area contributed by atoms with E-state index in [-0.39, 0.29) is 80.8 Å². The van der Waals surface area contributed by atoms with Crippen LogP contribution >= 0.6 is 15.2 Å². The van der Waals surface area contributed by atoms with Gasteiger partial charge in [0.2, 0.25) is 5.91 Å². The van der Waals surface area contributed by atoms with Gasteiger partial charge in [-0.15, -0.1) is 0 Å². The van der Waals surface area contributed by atoms with Gasteiger partial charge in [-0.1, -0.05) is 0 Å². The molecular formula is C24H41N5O9P2. The summed E-state index contributed by atoms with van der Waals surface area (Å²) in [5.41, 5.74) is 0.138. The maximum Gasteiger partial charge on any atom is 0.332 e. The highest BCUT2D eigenvalue weighted by Crippen LogP contribution is 2.51. The minimum Gasteiger partial charge on any atom is -0.373 e. The molecular weight excluding hydrogens is 564 g/mol. The van der Waals surface area contributed by atoms with Crippen LogP contribution in [-0.4, -0.2) is 93.9 Å². The number of likely N-dealkylation sites (tertiary alicyclic amines) is 1. The molecule has 0 saturated carbocycles. The summed E-state index contributed by atoms with van der Waals surface area (Å²) in [6, 6.07) is -0.438. The number of nitrogens with zero attached hydrogens (tertiary/aromatic N) is 4. The summed E-state index contributed by atoms with van der Waals surface area (Å²) in [5, 5.41) is 0. The van der Waals surface area contributed by atoms with Crippen molar-refractivity contribution in [3.63, 3.8) is 0 Å². The highest BCUT2D eigenvalue weighted by molar-refractivity contribution is 7.54. The van der Waals surface area contributed by atoms with Crippen molar-refractivity contribution < 1.29 is 36.8 Å². The van der Waals surface area contributed by atoms with Gasteiger partial charge in [-0.25, -0.2) is 9.97 Å². The zero-order valence-electron chi connectivity index (χ0n) is 24.0. The molecule has 2 aromatic rings. The number of aromatic nitrogens is 4. The van der Waals surface area contributed by atoms with Crippen LogP contribution in [0.25, 0.3) is 11.2 Å². The summed E-state index contributed by atoms with van der Waals surface area (Å²) in [4.78, 5) is 38.1. The highest BCUT2D eigenvalue weighted by atomic mass is 31.2. The van der Waals surface area contributed by atoms with E-state index in [1.165, 1.54) is 12.7 Å². The molecule has 1 aliphatic rings. The molecule has 1 N–H and O–H groups in total. The summed E-state index contributed by atoms with van der Waals surface area (Å²) >= 11 is 0. The van der Waals surface area contributed by atoms with Gasteiger partial charge in [0.25, 0.3) is 5.56 Å². The fourth-order valence-corrected chi connectivity index (χ4v) is 8.00. The number of amides is 1. The predicted molar refractivity (Wildman–Crippen MR) is 149 cm³/mol. The van der Waals surface area contributed by atoms with Crippen molar-refractivity contribution in [1.29, 1.82) is 0 Å². The molecule has 2 aromatic heterocycles. The zero-order chi connectivity index (χ0) is 29.5. The van der Waals surface area contributed by atoms with Crippen molar-refractivity contribution >= 4 is 32.3 Å². The molecule has 1 fully saturated rings. The maximum absolute atomic E-state index is 13.3. The molecule has 14 nitrogen and oxygen atoms in total. The van der Waals surface area contributed by atoms with E-state index in [1.54, 1.807) is 51.0 Å². The number of carbonyl (C=O) groups is 1. The molecule has 2 atom stereocenters. The van der Waals surface area contributed by atoms with E-state index in [9.17, 15) is 18.7 Å². The third kappa shape index (κ3) is 8.55. The number of ether oxygens (including phenoxy) is 1. The van der Waals surface area contributed by atoms with Crippen molar-refractivity contribution in [2.45, 2.75) is 72.3 Å². The molecule has 16 heteroatoms. The smallest absolute Gasteiger partial charge is 0.332 e. The average Bonchev–Trinajstić information content (AvgIpc) is 3.47. The number of carbonyl (C=O) groups excluding carboxylic acids is 1. The quantitative estimate of drug-likeness (QED) is 0.278. The van der Waals surface area contributed by atoms with E-state index in [0.717, 1.165) is 0 Å². The van der Waals surface area contributed by atoms with E-state index in [0.29, 0.717) is 5.65 Å². The number of aromatic amines is 1. The van der Waals surface area contributed by atoms with Crippen molar-refractivity contribution in [2.75, 3.05) is 45.2 Å². The van der Waals surface area contributed by atoms with Crippen LogP contribution in [0.5, 0.6) is 0 Å². The number of hydrogen-bond acceptors (Lipinski definition) is 11. The van der Waals surface area contributed by atoms with Crippen LogP contribution < -0.4 is 5.56 Å². The minimum absolute atomic E-state index is 0.0384. The summed E-state index contributed by atoms with van der Waals surface area (Å²) < 4.78 is 55.9. The molecule has 0 radical (unpaired) electrons. The Morgan fingerprint density at radius 2 is 1.68 bits per heavy atom. The van der Waals surface area contributed by atoms with Gasteiger partial charge in [0, 0.05) is 19.5 Å². The summed E-state index contributed by atoms with van der Waals surface area (Å²) in [6.45, 7) is 11.5. The van der Waals surface area contributed by atoms with Gasteiger partial charge < -0.3 is 37.3 Å². The number of rotatable bonds is 16. The monoisotopic (exact) mass is 605 g/mol. The van der Waals surface area contributed by atoms with Gasteiger partial charge in [-0.05, 0) is 41.5 Å². The van der Waals surface area contributed by atoms with Gasteiger partial charge in [0.1, 0.15) is 0 Å². The van der Waals surface area contributed by atoms with Crippen LogP contribution in [0.3, 0.4) is 0 Å². The third-order valence-electron chi connectivity index (χ3n) is 6.00. The summed E-state index contributed by atoms with van der Waals surface area (Å²) in [6.07, 6.45) is 1.51. The SMILES string of the molecule is CCOP(=O)(CCO[C@@H]1CN(C(=O)CCP(=O)(OC(C)C)OC(C)C)C[C@H]1n1cnc2c(=O)[nH]cnc21)OCC. The average molecular weight is 606 g/mol. The van der Waals surface area contributed by atoms with Crippen molar-refractivity contribution in [3.8, 4) is 0 Å². The Hall–Kier alpha value is -1.92. The topological polar surface area (TPSA) is 164 Å². The van der Waals surface area contributed by atoms with Gasteiger partial charge in [-0.3, -0.25) is 18.7 Å². The van der Waals surface area contributed by atoms with Gasteiger partial charge >= 0.3 is 15.2 Å². The molecule has 1 amide bonds. The molecule has 226 valence electrons. The predicted octanol–water partition coefficient (Wildman–Crippen LogP) is 3.59. The highest BCUT2D eigenvalue weighted by Gasteiger charge is 2.39. The lowest BCUT2D eigenvalue weighted by molar-refractivity contribution is -0.130. The fraction of sp³-hybridized carbons (Fsp3) is 0.750. The van der Waals surface area contributed by atoms with E-state index in [1.807, 2.05) is 0 Å². The summed E-state index contributed by atoms with van der Waals surface area (Å²) in [7, 11) is -6.82. The molecule has 0 aromatic carbocycles. The Bertz CT molecular complexity index is 1260. The molecule has 0 bridgehead atoms. The Morgan fingerprint density at radius 3 is 2.27 bits per heavy atom. The van der Waals surface area contributed by atoms with E-state index in [2.05, 4.69) is 15.0 Å². The Labute approximate surface area is 234 Å². The van der Waals surface area contributed by atoms with Crippen LogP contribution in [0.1, 0.15) is 54.0 Å². The number of hydrogen-bond donors (Lipinski definition) is 1. The molecule has 0 spiro atoms. The zero-order valence-corrected chi connectivity index (χ0v) is 25.8. The van der Waals surface area contributed by atoms with Crippen LogP contribution in [0.4, 0.5) is 0 Å². The third-order valence-corrected chi connectivity index (χ3v) is 10.3. The lowest BCUT2D eigenvalue weighted by Crippen LogP contribution is -2.31. The van der Waals surface area contributed by atoms with Gasteiger partial charge in [0.15, 0.2) is 11.2 Å². The second-order valence-corrected chi connectivity index (χ2v) is 14.2. The molecule has 3 heterocycles. The first-order valence-corrected chi connectivity index (χ1v) is 17.0. The van der Waals surface area contributed by atoms with Crippen molar-refractivity contribution in [3.05, 3.63) is 23.0 Å². The minimum atomic E-state index is -3.49. The number of nitrogens with one attached hydrogen (secondary N) is 1.